The van der Waals surface area contributed by atoms with Gasteiger partial charge < -0.3 is 10.6 Å². The zero-order chi connectivity index (χ0) is 12.7. The Morgan fingerprint density at radius 2 is 2.28 bits per heavy atom. The van der Waals surface area contributed by atoms with Gasteiger partial charge in [0.1, 0.15) is 0 Å². The van der Waals surface area contributed by atoms with Gasteiger partial charge in [-0.05, 0) is 32.3 Å². The molecule has 1 amide bonds. The Labute approximate surface area is 107 Å². The minimum Gasteiger partial charge on any atom is -0.335 e. The maximum atomic E-state index is 12.4. The normalized spacial score (nSPS) is 27.3. The highest BCUT2D eigenvalue weighted by atomic mass is 16.2. The molecule has 0 aromatic carbocycles. The molecule has 2 N–H and O–H groups in total. The zero-order valence-electron chi connectivity index (χ0n) is 10.8. The molecule has 3 rings (SSSR count). The summed E-state index contributed by atoms with van der Waals surface area (Å²) < 4.78 is 2.01. The number of fused-ring (bicyclic) bond motifs is 1. The zero-order valence-corrected chi connectivity index (χ0v) is 10.8. The Morgan fingerprint density at radius 1 is 1.44 bits per heavy atom. The standard InChI is InChI=1S/C13H20N4O/c1-9-6-12-8-16(4-5-17(12)15-9)13(18)10-2-3-11(14)7-10/h6,10-11H,2-5,7-8,14H2,1H3/t10-,11+/m0/s1. The number of aromatic nitrogens is 2. The van der Waals surface area contributed by atoms with Crippen LogP contribution in [0.25, 0.3) is 0 Å². The molecule has 1 aromatic rings. The van der Waals surface area contributed by atoms with E-state index >= 15 is 0 Å². The summed E-state index contributed by atoms with van der Waals surface area (Å²) in [5.41, 5.74) is 8.06. The monoisotopic (exact) mass is 248 g/mol. The maximum absolute atomic E-state index is 12.4. The number of amides is 1. The highest BCUT2D eigenvalue weighted by Crippen LogP contribution is 2.27. The van der Waals surface area contributed by atoms with E-state index in [1.54, 1.807) is 0 Å². The first-order valence-corrected chi connectivity index (χ1v) is 6.71. The average Bonchev–Trinajstić information content (AvgIpc) is 2.92. The third-order valence-electron chi connectivity index (χ3n) is 4.05. The molecule has 1 fully saturated rings. The third kappa shape index (κ3) is 2.03. The summed E-state index contributed by atoms with van der Waals surface area (Å²) in [4.78, 5) is 14.4. The topological polar surface area (TPSA) is 64.2 Å². The van der Waals surface area contributed by atoms with Crippen LogP contribution in [0.1, 0.15) is 30.7 Å². The largest absolute Gasteiger partial charge is 0.335 e. The lowest BCUT2D eigenvalue weighted by molar-refractivity contribution is -0.136. The van der Waals surface area contributed by atoms with Crippen molar-refractivity contribution in [2.24, 2.45) is 11.7 Å². The van der Waals surface area contributed by atoms with Gasteiger partial charge >= 0.3 is 0 Å². The van der Waals surface area contributed by atoms with Gasteiger partial charge in [-0.1, -0.05) is 0 Å². The average molecular weight is 248 g/mol. The van der Waals surface area contributed by atoms with Crippen molar-refractivity contribution in [3.05, 3.63) is 17.5 Å². The third-order valence-corrected chi connectivity index (χ3v) is 4.05. The molecule has 5 nitrogen and oxygen atoms in total. The number of nitrogens with zero attached hydrogens (tertiary/aromatic N) is 3. The Morgan fingerprint density at radius 3 is 3.00 bits per heavy atom. The first-order chi connectivity index (χ1) is 8.63. The predicted octanol–water partition coefficient (Wildman–Crippen LogP) is 0.661. The van der Waals surface area contributed by atoms with Crippen molar-refractivity contribution < 1.29 is 4.79 Å². The van der Waals surface area contributed by atoms with E-state index in [1.165, 1.54) is 0 Å². The lowest BCUT2D eigenvalue weighted by Crippen LogP contribution is -2.41. The van der Waals surface area contributed by atoms with Crippen molar-refractivity contribution in [1.29, 1.82) is 0 Å². The molecule has 2 aliphatic rings. The van der Waals surface area contributed by atoms with Crippen LogP contribution in [0.15, 0.2) is 6.07 Å². The summed E-state index contributed by atoms with van der Waals surface area (Å²) in [5.74, 6) is 0.434. The van der Waals surface area contributed by atoms with E-state index in [0.717, 1.165) is 43.7 Å². The van der Waals surface area contributed by atoms with E-state index < -0.39 is 0 Å². The molecule has 2 heterocycles. The van der Waals surface area contributed by atoms with Crippen LogP contribution in [-0.2, 0) is 17.9 Å². The molecule has 1 saturated carbocycles. The fourth-order valence-electron chi connectivity index (χ4n) is 3.10. The fourth-order valence-corrected chi connectivity index (χ4v) is 3.10. The quantitative estimate of drug-likeness (QED) is 0.794. The van der Waals surface area contributed by atoms with Gasteiger partial charge in [0.15, 0.2) is 0 Å². The number of aryl methyl sites for hydroxylation is 1. The van der Waals surface area contributed by atoms with E-state index in [4.69, 9.17) is 5.73 Å². The molecule has 98 valence electrons. The van der Waals surface area contributed by atoms with Gasteiger partial charge in [0.05, 0.1) is 24.5 Å². The predicted molar refractivity (Wildman–Crippen MR) is 67.7 cm³/mol. The van der Waals surface area contributed by atoms with Crippen LogP contribution in [0.4, 0.5) is 0 Å². The van der Waals surface area contributed by atoms with E-state index in [2.05, 4.69) is 11.2 Å². The SMILES string of the molecule is Cc1cc2n(n1)CCN(C(=O)[C@H]1CC[C@@H](N)C1)C2. The van der Waals surface area contributed by atoms with Crippen molar-refractivity contribution in [3.8, 4) is 0 Å². The van der Waals surface area contributed by atoms with Crippen LogP contribution < -0.4 is 5.73 Å². The minimum atomic E-state index is 0.149. The van der Waals surface area contributed by atoms with Crippen LogP contribution in [0, 0.1) is 12.8 Å². The van der Waals surface area contributed by atoms with Crippen molar-refractivity contribution in [2.75, 3.05) is 6.54 Å². The molecule has 1 aromatic heterocycles. The molecule has 0 saturated heterocycles. The summed E-state index contributed by atoms with van der Waals surface area (Å²) in [6, 6.07) is 2.29. The first kappa shape index (κ1) is 11.7. The Kier molecular flexibility index (Phi) is 2.86. The van der Waals surface area contributed by atoms with Gasteiger partial charge in [-0.15, -0.1) is 0 Å². The Hall–Kier alpha value is -1.36. The summed E-state index contributed by atoms with van der Waals surface area (Å²) in [6.45, 7) is 4.28. The van der Waals surface area contributed by atoms with Crippen LogP contribution in [0.5, 0.6) is 0 Å². The van der Waals surface area contributed by atoms with Crippen LogP contribution >= 0.6 is 0 Å². The minimum absolute atomic E-state index is 0.149. The number of carbonyl (C=O) groups excluding carboxylic acids is 1. The summed E-state index contributed by atoms with van der Waals surface area (Å²) >= 11 is 0. The Balaban J connectivity index is 1.70. The van der Waals surface area contributed by atoms with E-state index in [1.807, 2.05) is 16.5 Å². The summed E-state index contributed by atoms with van der Waals surface area (Å²) in [6.07, 6.45) is 2.80. The summed E-state index contributed by atoms with van der Waals surface area (Å²) in [7, 11) is 0. The lowest BCUT2D eigenvalue weighted by Gasteiger charge is -2.29. The molecule has 0 radical (unpaired) electrons. The van der Waals surface area contributed by atoms with Crippen molar-refractivity contribution in [2.45, 2.75) is 45.3 Å². The molecule has 5 heteroatoms. The highest BCUT2D eigenvalue weighted by Gasteiger charge is 2.32. The van der Waals surface area contributed by atoms with Crippen LogP contribution in [-0.4, -0.2) is 33.2 Å². The smallest absolute Gasteiger partial charge is 0.226 e. The van der Waals surface area contributed by atoms with E-state index in [9.17, 15) is 4.79 Å². The molecule has 0 unspecified atom stereocenters. The van der Waals surface area contributed by atoms with E-state index in [0.29, 0.717) is 6.54 Å². The van der Waals surface area contributed by atoms with Crippen molar-refractivity contribution in [1.82, 2.24) is 14.7 Å². The second-order valence-corrected chi connectivity index (χ2v) is 5.53. The van der Waals surface area contributed by atoms with Crippen LogP contribution in [0.2, 0.25) is 0 Å². The van der Waals surface area contributed by atoms with Crippen molar-refractivity contribution in [3.63, 3.8) is 0 Å². The van der Waals surface area contributed by atoms with Gasteiger partial charge in [0.2, 0.25) is 5.91 Å². The van der Waals surface area contributed by atoms with Gasteiger partial charge in [-0.25, -0.2) is 0 Å². The number of hydrogen-bond acceptors (Lipinski definition) is 3. The molecule has 1 aliphatic heterocycles. The molecule has 0 spiro atoms. The van der Waals surface area contributed by atoms with Gasteiger partial charge in [-0.3, -0.25) is 9.48 Å². The van der Waals surface area contributed by atoms with Gasteiger partial charge in [0, 0.05) is 18.5 Å². The number of hydrogen-bond donors (Lipinski definition) is 1. The molecule has 0 bridgehead atoms. The van der Waals surface area contributed by atoms with Crippen LogP contribution in [0.3, 0.4) is 0 Å². The number of carbonyl (C=O) groups is 1. The second kappa shape index (κ2) is 4.39. The molecule has 1 aliphatic carbocycles. The molecular formula is C13H20N4O. The molecular weight excluding hydrogens is 228 g/mol. The summed E-state index contributed by atoms with van der Waals surface area (Å²) in [5, 5.41) is 4.41. The maximum Gasteiger partial charge on any atom is 0.226 e. The number of rotatable bonds is 1. The number of nitrogens with two attached hydrogens (primary N) is 1. The Bertz CT molecular complexity index is 468. The highest BCUT2D eigenvalue weighted by molar-refractivity contribution is 5.79. The van der Waals surface area contributed by atoms with Crippen molar-refractivity contribution >= 4 is 5.91 Å². The first-order valence-electron chi connectivity index (χ1n) is 6.71. The van der Waals surface area contributed by atoms with E-state index in [-0.39, 0.29) is 17.9 Å². The lowest BCUT2D eigenvalue weighted by atomic mass is 10.1. The fraction of sp³-hybridized carbons (Fsp3) is 0.692. The van der Waals surface area contributed by atoms with Gasteiger partial charge in [-0.2, -0.15) is 5.10 Å². The molecule has 2 atom stereocenters. The second-order valence-electron chi connectivity index (χ2n) is 5.53. The molecule has 18 heavy (non-hydrogen) atoms. The van der Waals surface area contributed by atoms with Gasteiger partial charge in [0.25, 0.3) is 0 Å².